The van der Waals surface area contributed by atoms with Crippen LogP contribution in [-0.2, 0) is 4.74 Å². The summed E-state index contributed by atoms with van der Waals surface area (Å²) in [5.74, 6) is 0. The van der Waals surface area contributed by atoms with Crippen LogP contribution in [0.25, 0.3) is 0 Å². The first-order valence-corrected chi connectivity index (χ1v) is 4.95. The number of methoxy groups -OCH3 is 1. The summed E-state index contributed by atoms with van der Waals surface area (Å²) in [5, 5.41) is 0. The second kappa shape index (κ2) is 6.35. The second-order valence-corrected chi connectivity index (χ2v) is 4.03. The van der Waals surface area contributed by atoms with Gasteiger partial charge in [-0.25, -0.2) is 0 Å². The van der Waals surface area contributed by atoms with Crippen molar-refractivity contribution < 1.29 is 4.74 Å². The van der Waals surface area contributed by atoms with Crippen LogP contribution in [0.5, 0.6) is 0 Å². The van der Waals surface area contributed by atoms with Crippen molar-refractivity contribution in [2.75, 3.05) is 20.8 Å². The van der Waals surface area contributed by atoms with E-state index in [1.807, 2.05) is 6.92 Å². The number of likely N-dealkylation sites (N-methyl/N-ethyl adjacent to an activating group) is 1. The lowest BCUT2D eigenvalue weighted by atomic mass is 10.1. The molecule has 0 aliphatic rings. The Hall–Kier alpha value is -0.120. The lowest BCUT2D eigenvalue weighted by molar-refractivity contribution is 0.0897. The van der Waals surface area contributed by atoms with Crippen molar-refractivity contribution in [3.8, 4) is 0 Å². The van der Waals surface area contributed by atoms with Crippen LogP contribution in [0.1, 0.15) is 27.2 Å². The van der Waals surface area contributed by atoms with E-state index in [2.05, 4.69) is 25.8 Å². The highest BCUT2D eigenvalue weighted by atomic mass is 16.5. The Morgan fingerprint density at radius 3 is 2.15 bits per heavy atom. The average Bonchev–Trinajstić information content (AvgIpc) is 2.02. The molecule has 2 N–H and O–H groups in total. The SMILES string of the molecule is COCC(C)N(C)C(C)CC(C)N. The second-order valence-electron chi connectivity index (χ2n) is 4.03. The molecule has 3 unspecified atom stereocenters. The molecule has 3 nitrogen and oxygen atoms in total. The minimum Gasteiger partial charge on any atom is -0.383 e. The van der Waals surface area contributed by atoms with Gasteiger partial charge in [-0.3, -0.25) is 4.90 Å². The van der Waals surface area contributed by atoms with E-state index in [1.54, 1.807) is 7.11 Å². The Morgan fingerprint density at radius 2 is 1.77 bits per heavy atom. The third-order valence-corrected chi connectivity index (χ3v) is 2.51. The van der Waals surface area contributed by atoms with Crippen molar-refractivity contribution in [3.05, 3.63) is 0 Å². The number of hydrogen-bond acceptors (Lipinski definition) is 3. The molecule has 3 heteroatoms. The molecule has 0 radical (unpaired) electrons. The number of nitrogens with two attached hydrogens (primary N) is 1. The summed E-state index contributed by atoms with van der Waals surface area (Å²) in [7, 11) is 3.86. The number of rotatable bonds is 6. The molecule has 0 saturated heterocycles. The van der Waals surface area contributed by atoms with Gasteiger partial charge in [-0.2, -0.15) is 0 Å². The van der Waals surface area contributed by atoms with Gasteiger partial charge in [0.05, 0.1) is 6.61 Å². The average molecular weight is 188 g/mol. The van der Waals surface area contributed by atoms with Crippen LogP contribution in [0.2, 0.25) is 0 Å². The van der Waals surface area contributed by atoms with Gasteiger partial charge < -0.3 is 10.5 Å². The van der Waals surface area contributed by atoms with E-state index >= 15 is 0 Å². The molecular weight excluding hydrogens is 164 g/mol. The van der Waals surface area contributed by atoms with Crippen molar-refractivity contribution in [3.63, 3.8) is 0 Å². The van der Waals surface area contributed by atoms with Crippen LogP contribution < -0.4 is 5.73 Å². The fourth-order valence-electron chi connectivity index (χ4n) is 1.50. The van der Waals surface area contributed by atoms with Gasteiger partial charge in [0, 0.05) is 25.2 Å². The Labute approximate surface area is 82.2 Å². The topological polar surface area (TPSA) is 38.5 Å². The maximum absolute atomic E-state index is 5.75. The third kappa shape index (κ3) is 5.24. The number of nitrogens with zero attached hydrogens (tertiary/aromatic N) is 1. The van der Waals surface area contributed by atoms with Crippen molar-refractivity contribution in [1.29, 1.82) is 0 Å². The van der Waals surface area contributed by atoms with Crippen molar-refractivity contribution in [1.82, 2.24) is 4.90 Å². The standard InChI is InChI=1S/C10H24N2O/c1-8(11)6-9(2)12(4)10(3)7-13-5/h8-10H,6-7,11H2,1-5H3. The molecule has 13 heavy (non-hydrogen) atoms. The van der Waals surface area contributed by atoms with Crippen LogP contribution in [0.3, 0.4) is 0 Å². The smallest absolute Gasteiger partial charge is 0.0615 e. The van der Waals surface area contributed by atoms with Gasteiger partial charge in [-0.05, 0) is 34.2 Å². The Morgan fingerprint density at radius 1 is 1.23 bits per heavy atom. The summed E-state index contributed by atoms with van der Waals surface area (Å²) in [6.45, 7) is 7.20. The molecule has 0 aromatic rings. The largest absolute Gasteiger partial charge is 0.383 e. The van der Waals surface area contributed by atoms with Gasteiger partial charge in [0.15, 0.2) is 0 Å². The number of hydrogen-bond donors (Lipinski definition) is 1. The first kappa shape index (κ1) is 12.9. The predicted molar refractivity (Wildman–Crippen MR) is 56.8 cm³/mol. The quantitative estimate of drug-likeness (QED) is 0.678. The van der Waals surface area contributed by atoms with Crippen molar-refractivity contribution in [2.24, 2.45) is 5.73 Å². The summed E-state index contributed by atoms with van der Waals surface area (Å²) in [6.07, 6.45) is 1.03. The van der Waals surface area contributed by atoms with Crippen molar-refractivity contribution >= 4 is 0 Å². The van der Waals surface area contributed by atoms with Gasteiger partial charge in [0.2, 0.25) is 0 Å². The van der Waals surface area contributed by atoms with E-state index in [9.17, 15) is 0 Å². The highest BCUT2D eigenvalue weighted by Crippen LogP contribution is 2.07. The Balaban J connectivity index is 3.85. The van der Waals surface area contributed by atoms with E-state index in [4.69, 9.17) is 10.5 Å². The van der Waals surface area contributed by atoms with Gasteiger partial charge in [0.1, 0.15) is 0 Å². The van der Waals surface area contributed by atoms with E-state index in [1.165, 1.54) is 0 Å². The van der Waals surface area contributed by atoms with Gasteiger partial charge in [-0.1, -0.05) is 0 Å². The molecule has 0 amide bonds. The van der Waals surface area contributed by atoms with Crippen molar-refractivity contribution in [2.45, 2.75) is 45.3 Å². The molecule has 3 atom stereocenters. The zero-order valence-corrected chi connectivity index (χ0v) is 9.58. The zero-order chi connectivity index (χ0) is 10.4. The molecule has 0 bridgehead atoms. The minimum absolute atomic E-state index is 0.271. The molecule has 0 rings (SSSR count). The van der Waals surface area contributed by atoms with Crippen LogP contribution in [0.15, 0.2) is 0 Å². The van der Waals surface area contributed by atoms with Crippen LogP contribution in [0.4, 0.5) is 0 Å². The highest BCUT2D eigenvalue weighted by molar-refractivity contribution is 4.72. The van der Waals surface area contributed by atoms with Gasteiger partial charge in [0.25, 0.3) is 0 Å². The molecule has 0 aliphatic carbocycles. The molecule has 0 saturated carbocycles. The molecule has 0 spiro atoms. The monoisotopic (exact) mass is 188 g/mol. The van der Waals surface area contributed by atoms with Gasteiger partial charge >= 0.3 is 0 Å². The molecule has 80 valence electrons. The number of ether oxygens (including phenoxy) is 1. The zero-order valence-electron chi connectivity index (χ0n) is 9.58. The molecule has 0 aliphatic heterocycles. The van der Waals surface area contributed by atoms with E-state index < -0.39 is 0 Å². The van der Waals surface area contributed by atoms with Gasteiger partial charge in [-0.15, -0.1) is 0 Å². The summed E-state index contributed by atoms with van der Waals surface area (Å²) >= 11 is 0. The lowest BCUT2D eigenvalue weighted by Gasteiger charge is -2.31. The van der Waals surface area contributed by atoms with Crippen LogP contribution in [0, 0.1) is 0 Å². The Bertz CT molecular complexity index is 128. The highest BCUT2D eigenvalue weighted by Gasteiger charge is 2.16. The first-order valence-electron chi connectivity index (χ1n) is 4.95. The third-order valence-electron chi connectivity index (χ3n) is 2.51. The maximum Gasteiger partial charge on any atom is 0.0615 e. The molecule has 0 fully saturated rings. The predicted octanol–water partition coefficient (Wildman–Crippen LogP) is 1.08. The summed E-state index contributed by atoms with van der Waals surface area (Å²) in [4.78, 5) is 2.31. The molecular formula is C10H24N2O. The summed E-state index contributed by atoms with van der Waals surface area (Å²) in [5.41, 5.74) is 5.75. The van der Waals surface area contributed by atoms with E-state index in [0.29, 0.717) is 12.1 Å². The summed E-state index contributed by atoms with van der Waals surface area (Å²) < 4.78 is 5.11. The molecule has 0 heterocycles. The maximum atomic E-state index is 5.75. The molecule has 0 aromatic heterocycles. The minimum atomic E-state index is 0.271. The normalized spacial score (nSPS) is 18.7. The van der Waals surface area contributed by atoms with E-state index in [0.717, 1.165) is 13.0 Å². The van der Waals surface area contributed by atoms with Crippen LogP contribution in [-0.4, -0.2) is 43.8 Å². The molecule has 0 aromatic carbocycles. The fourth-order valence-corrected chi connectivity index (χ4v) is 1.50. The van der Waals surface area contributed by atoms with Crippen LogP contribution >= 0.6 is 0 Å². The first-order chi connectivity index (χ1) is 5.99. The lowest BCUT2D eigenvalue weighted by Crippen LogP contribution is -2.41. The fraction of sp³-hybridized carbons (Fsp3) is 1.00. The summed E-state index contributed by atoms with van der Waals surface area (Å²) in [6, 6.07) is 1.25. The van der Waals surface area contributed by atoms with E-state index in [-0.39, 0.29) is 6.04 Å². The Kier molecular flexibility index (Phi) is 6.29.